The molecule has 0 radical (unpaired) electrons. The Labute approximate surface area is 236 Å². The van der Waals surface area contributed by atoms with Gasteiger partial charge in [0.15, 0.2) is 12.6 Å². The highest BCUT2D eigenvalue weighted by Crippen LogP contribution is 2.35. The van der Waals surface area contributed by atoms with Crippen molar-refractivity contribution >= 4 is 45.2 Å². The van der Waals surface area contributed by atoms with Gasteiger partial charge in [-0.15, -0.1) is 11.3 Å². The molecular weight excluding hydrogens is 569 g/mol. The lowest BCUT2D eigenvalue weighted by Gasteiger charge is -2.22. The zero-order chi connectivity index (χ0) is 28.4. The number of methoxy groups -OCH3 is 1. The van der Waals surface area contributed by atoms with Gasteiger partial charge in [-0.05, 0) is 50.5 Å². The highest BCUT2D eigenvalue weighted by atomic mass is 35.5. The van der Waals surface area contributed by atoms with Gasteiger partial charge in [-0.25, -0.2) is 22.3 Å². The van der Waals surface area contributed by atoms with Gasteiger partial charge in [0.1, 0.15) is 5.82 Å². The van der Waals surface area contributed by atoms with Crippen LogP contribution in [0.25, 0.3) is 10.4 Å². The first kappa shape index (κ1) is 30.9. The Balaban J connectivity index is 0.000000353. The van der Waals surface area contributed by atoms with Crippen molar-refractivity contribution in [1.82, 2.24) is 4.72 Å². The first-order valence-electron chi connectivity index (χ1n) is 12.1. The van der Waals surface area contributed by atoms with Crippen molar-refractivity contribution in [2.45, 2.75) is 37.4 Å². The SMILES string of the molecule is COC(=O)c1cc(-c2ccccc2S(=O)(=O)NCCOC2CCCCO2)sc1C.O=Cc1c(F)cccc1Cl. The van der Waals surface area contributed by atoms with Crippen LogP contribution < -0.4 is 4.72 Å². The second-order valence-corrected chi connectivity index (χ2v) is 11.8. The summed E-state index contributed by atoms with van der Waals surface area (Å²) in [5, 5.41) is 0.148. The standard InChI is InChI=1S/C20H25NO6S2.C7H4ClFO/c1-14-16(20(22)25-2)13-17(28-14)15-7-3-4-8-18(15)29(23,24)21-10-12-27-19-9-5-6-11-26-19;8-6-2-1-3-7(9)5(6)4-10/h3-4,7-8,13,19,21H,5-6,9-12H2,1-2H3;1-4H. The highest BCUT2D eigenvalue weighted by molar-refractivity contribution is 7.89. The number of aryl methyl sites for hydroxylation is 1. The summed E-state index contributed by atoms with van der Waals surface area (Å²) in [6.07, 6.45) is 3.06. The number of rotatable bonds is 9. The summed E-state index contributed by atoms with van der Waals surface area (Å²) in [5.74, 6) is -1.02. The van der Waals surface area contributed by atoms with Crippen molar-refractivity contribution in [3.63, 3.8) is 0 Å². The van der Waals surface area contributed by atoms with Crippen LogP contribution in [0.4, 0.5) is 4.39 Å². The van der Waals surface area contributed by atoms with Crippen LogP contribution in [-0.4, -0.2) is 53.8 Å². The molecule has 2 heterocycles. The fourth-order valence-corrected chi connectivity index (χ4v) is 6.29. The number of nitrogens with one attached hydrogen (secondary N) is 1. The summed E-state index contributed by atoms with van der Waals surface area (Å²) < 4.78 is 56.7. The van der Waals surface area contributed by atoms with E-state index >= 15 is 0 Å². The van der Waals surface area contributed by atoms with Crippen LogP contribution in [0, 0.1) is 12.7 Å². The number of benzene rings is 2. The lowest BCUT2D eigenvalue weighted by atomic mass is 10.1. The van der Waals surface area contributed by atoms with Crippen LogP contribution in [0.1, 0.15) is 44.9 Å². The second-order valence-electron chi connectivity index (χ2n) is 8.39. The molecule has 1 saturated heterocycles. The van der Waals surface area contributed by atoms with E-state index in [9.17, 15) is 22.4 Å². The molecule has 8 nitrogen and oxygen atoms in total. The molecule has 1 unspecified atom stereocenters. The number of thiophene rings is 1. The maximum atomic E-state index is 12.9. The molecule has 0 amide bonds. The second kappa shape index (κ2) is 14.6. The van der Waals surface area contributed by atoms with Crippen LogP contribution in [0.15, 0.2) is 53.4 Å². The van der Waals surface area contributed by atoms with Crippen molar-refractivity contribution in [3.8, 4) is 10.4 Å². The zero-order valence-corrected chi connectivity index (χ0v) is 23.8. The molecule has 1 atom stereocenters. The number of ether oxygens (including phenoxy) is 3. The topological polar surface area (TPSA) is 108 Å². The van der Waals surface area contributed by atoms with E-state index in [1.807, 2.05) is 0 Å². The molecule has 1 aliphatic rings. The van der Waals surface area contributed by atoms with Gasteiger partial charge in [0.2, 0.25) is 10.0 Å². The van der Waals surface area contributed by atoms with Gasteiger partial charge in [0.05, 0.1) is 34.8 Å². The molecule has 1 aliphatic heterocycles. The number of sulfonamides is 1. The molecule has 0 bridgehead atoms. The van der Waals surface area contributed by atoms with Crippen LogP contribution >= 0.6 is 22.9 Å². The van der Waals surface area contributed by atoms with Gasteiger partial charge in [0, 0.05) is 28.5 Å². The summed E-state index contributed by atoms with van der Waals surface area (Å²) in [6, 6.07) is 12.5. The third-order valence-electron chi connectivity index (χ3n) is 5.72. The van der Waals surface area contributed by atoms with E-state index in [4.69, 9.17) is 25.8 Å². The molecule has 1 N–H and O–H groups in total. The Bertz CT molecular complexity index is 1370. The van der Waals surface area contributed by atoms with E-state index in [1.165, 1.54) is 36.6 Å². The van der Waals surface area contributed by atoms with Gasteiger partial charge < -0.3 is 14.2 Å². The fourth-order valence-electron chi connectivity index (χ4n) is 3.74. The van der Waals surface area contributed by atoms with Crippen molar-refractivity contribution in [2.75, 3.05) is 26.9 Å². The van der Waals surface area contributed by atoms with Crippen molar-refractivity contribution < 1.29 is 36.6 Å². The number of carbonyl (C=O) groups is 2. The number of esters is 1. The molecule has 39 heavy (non-hydrogen) atoms. The van der Waals surface area contributed by atoms with Crippen molar-refractivity contribution in [2.24, 2.45) is 0 Å². The fraction of sp³-hybridized carbons (Fsp3) is 0.333. The molecule has 12 heteroatoms. The zero-order valence-electron chi connectivity index (χ0n) is 21.4. The molecule has 0 saturated carbocycles. The molecule has 1 fully saturated rings. The molecule has 2 aromatic carbocycles. The van der Waals surface area contributed by atoms with Crippen LogP contribution in [0.2, 0.25) is 5.02 Å². The molecule has 210 valence electrons. The summed E-state index contributed by atoms with van der Waals surface area (Å²) in [7, 11) is -2.43. The Morgan fingerprint density at radius 2 is 2.00 bits per heavy atom. The van der Waals surface area contributed by atoms with Gasteiger partial charge >= 0.3 is 5.97 Å². The van der Waals surface area contributed by atoms with Crippen LogP contribution in [0.3, 0.4) is 0 Å². The minimum Gasteiger partial charge on any atom is -0.465 e. The maximum Gasteiger partial charge on any atom is 0.338 e. The van der Waals surface area contributed by atoms with E-state index in [2.05, 4.69) is 4.72 Å². The lowest BCUT2D eigenvalue weighted by Crippen LogP contribution is -2.30. The molecular formula is C27H29ClFNO7S2. The minimum atomic E-state index is -3.75. The van der Waals surface area contributed by atoms with Gasteiger partial charge in [0.25, 0.3) is 0 Å². The van der Waals surface area contributed by atoms with E-state index in [-0.39, 0.29) is 34.9 Å². The third kappa shape index (κ3) is 8.41. The van der Waals surface area contributed by atoms with Gasteiger partial charge in [-0.2, -0.15) is 0 Å². The predicted octanol–water partition coefficient (Wildman–Crippen LogP) is 5.62. The lowest BCUT2D eigenvalue weighted by molar-refractivity contribution is -0.160. The van der Waals surface area contributed by atoms with Crippen molar-refractivity contribution in [1.29, 1.82) is 0 Å². The highest BCUT2D eigenvalue weighted by Gasteiger charge is 2.22. The number of aldehydes is 1. The van der Waals surface area contributed by atoms with Crippen LogP contribution in [0.5, 0.6) is 0 Å². The number of hydrogen-bond donors (Lipinski definition) is 1. The minimum absolute atomic E-state index is 0.0795. The monoisotopic (exact) mass is 597 g/mol. The predicted molar refractivity (Wildman–Crippen MR) is 147 cm³/mol. The summed E-state index contributed by atoms with van der Waals surface area (Å²) >= 11 is 6.81. The maximum absolute atomic E-state index is 12.9. The smallest absolute Gasteiger partial charge is 0.338 e. The largest absolute Gasteiger partial charge is 0.465 e. The van der Waals surface area contributed by atoms with E-state index in [1.54, 1.807) is 37.3 Å². The first-order chi connectivity index (χ1) is 18.7. The van der Waals surface area contributed by atoms with E-state index < -0.39 is 21.8 Å². The Hall–Kier alpha value is -2.67. The van der Waals surface area contributed by atoms with Gasteiger partial charge in [-0.1, -0.05) is 35.9 Å². The average Bonchev–Trinajstić information content (AvgIpc) is 3.33. The van der Waals surface area contributed by atoms with Crippen LogP contribution in [-0.2, 0) is 24.2 Å². The first-order valence-corrected chi connectivity index (χ1v) is 14.8. The number of halogens is 2. The average molecular weight is 598 g/mol. The summed E-state index contributed by atoms with van der Waals surface area (Å²) in [5.41, 5.74) is 0.900. The molecule has 0 spiro atoms. The Kier molecular flexibility index (Phi) is 11.6. The van der Waals surface area contributed by atoms with E-state index in [0.717, 1.165) is 24.1 Å². The van der Waals surface area contributed by atoms with Gasteiger partial charge in [-0.3, -0.25) is 4.79 Å². The number of carbonyl (C=O) groups excluding carboxylic acids is 2. The molecule has 3 aromatic rings. The molecule has 0 aliphatic carbocycles. The van der Waals surface area contributed by atoms with E-state index in [0.29, 0.717) is 28.9 Å². The normalized spacial score (nSPS) is 15.2. The summed E-state index contributed by atoms with van der Waals surface area (Å²) in [6.45, 7) is 2.86. The molecule has 4 rings (SSSR count). The summed E-state index contributed by atoms with van der Waals surface area (Å²) in [4.78, 5) is 23.6. The Morgan fingerprint density at radius 3 is 2.64 bits per heavy atom. The quantitative estimate of drug-likeness (QED) is 0.194. The molecule has 1 aromatic heterocycles. The number of hydrogen-bond acceptors (Lipinski definition) is 8. The Morgan fingerprint density at radius 1 is 1.23 bits per heavy atom. The third-order valence-corrected chi connectivity index (χ3v) is 8.65. The van der Waals surface area contributed by atoms with Crippen molar-refractivity contribution in [3.05, 3.63) is 75.4 Å².